The van der Waals surface area contributed by atoms with E-state index in [1.807, 2.05) is 62.4 Å². The van der Waals surface area contributed by atoms with Crippen LogP contribution in [0.5, 0.6) is 0 Å². The van der Waals surface area contributed by atoms with Gasteiger partial charge in [-0.25, -0.2) is 4.98 Å². The lowest BCUT2D eigenvalue weighted by Gasteiger charge is -2.11. The van der Waals surface area contributed by atoms with Gasteiger partial charge >= 0.3 is 0 Å². The highest BCUT2D eigenvalue weighted by Gasteiger charge is 2.15. The first-order valence-corrected chi connectivity index (χ1v) is 11.4. The number of aliphatic hydroxyl groups excluding tert-OH is 1. The number of aliphatic hydroxyl groups is 1. The van der Waals surface area contributed by atoms with E-state index in [0.29, 0.717) is 23.9 Å². The summed E-state index contributed by atoms with van der Waals surface area (Å²) in [4.78, 5) is 29.0. The number of carbonyl (C=O) groups excluding carboxylic acids is 2. The smallest absolute Gasteiger partial charge is 0.240 e. The Morgan fingerprint density at radius 3 is 1.97 bits per heavy atom. The van der Waals surface area contributed by atoms with Crippen LogP contribution in [0.2, 0.25) is 0 Å². The maximum atomic E-state index is 12.5. The fourth-order valence-corrected chi connectivity index (χ4v) is 3.82. The van der Waals surface area contributed by atoms with E-state index in [1.54, 1.807) is 4.57 Å². The third kappa shape index (κ3) is 6.96. The van der Waals surface area contributed by atoms with E-state index in [-0.39, 0.29) is 30.7 Å². The highest BCUT2D eigenvalue weighted by Crippen LogP contribution is 2.19. The molecule has 0 saturated heterocycles. The van der Waals surface area contributed by atoms with Crippen LogP contribution in [0.3, 0.4) is 0 Å². The van der Waals surface area contributed by atoms with Crippen molar-refractivity contribution in [3.8, 4) is 0 Å². The molecule has 0 saturated carbocycles. The molecule has 32 heavy (non-hydrogen) atoms. The number of amides is 2. The molecule has 0 unspecified atom stereocenters. The van der Waals surface area contributed by atoms with Crippen LogP contribution in [-0.2, 0) is 35.8 Å². The molecule has 0 aliphatic heterocycles. The first-order chi connectivity index (χ1) is 15.4. The van der Waals surface area contributed by atoms with Crippen LogP contribution in [0, 0.1) is 13.8 Å². The van der Waals surface area contributed by atoms with Crippen LogP contribution in [-0.4, -0.2) is 32.2 Å². The molecule has 7 nitrogen and oxygen atoms in total. The summed E-state index contributed by atoms with van der Waals surface area (Å²) < 4.78 is 1.64. The molecule has 2 amide bonds. The second-order valence-corrected chi connectivity index (χ2v) is 8.53. The third-order valence-corrected chi connectivity index (χ3v) is 5.91. The maximum Gasteiger partial charge on any atom is 0.240 e. The number of benzene rings is 2. The van der Waals surface area contributed by atoms with Gasteiger partial charge in [-0.05, 0) is 25.0 Å². The molecule has 8 heteroatoms. The van der Waals surface area contributed by atoms with Gasteiger partial charge in [0.05, 0.1) is 24.3 Å². The lowest BCUT2D eigenvalue weighted by atomic mass is 10.1. The monoisotopic (exact) mass is 452 g/mol. The van der Waals surface area contributed by atoms with Crippen LogP contribution in [0.4, 0.5) is 0 Å². The number of nitrogens with one attached hydrogen (secondary N) is 2. The SMILES string of the molecule is Cc1ccc(CNC(=O)CSc2ncc(CO)n2CC(=O)NCc2ccc(C)cc2)cc1. The second kappa shape index (κ2) is 11.5. The Kier molecular flexibility index (Phi) is 8.47. The van der Waals surface area contributed by atoms with E-state index in [9.17, 15) is 14.7 Å². The Labute approximate surface area is 192 Å². The standard InChI is InChI=1S/C24H28N4O3S/c1-17-3-7-19(8-4-17)11-25-22(30)14-28-21(15-29)13-27-24(28)32-16-23(31)26-12-20-9-5-18(2)6-10-20/h3-10,13,29H,11-12,14-16H2,1-2H3,(H,25,30)(H,26,31). The molecule has 0 bridgehead atoms. The number of carbonyl (C=O) groups is 2. The summed E-state index contributed by atoms with van der Waals surface area (Å²) in [6.45, 7) is 4.70. The van der Waals surface area contributed by atoms with Gasteiger partial charge in [-0.15, -0.1) is 0 Å². The van der Waals surface area contributed by atoms with Gasteiger partial charge in [0.15, 0.2) is 5.16 Å². The molecule has 3 aromatic rings. The van der Waals surface area contributed by atoms with E-state index in [2.05, 4.69) is 15.6 Å². The molecule has 3 N–H and O–H groups in total. The summed E-state index contributed by atoms with van der Waals surface area (Å²) in [7, 11) is 0. The molecule has 0 fully saturated rings. The molecule has 168 valence electrons. The fraction of sp³-hybridized carbons (Fsp3) is 0.292. The van der Waals surface area contributed by atoms with Gasteiger partial charge in [-0.1, -0.05) is 71.4 Å². The molecule has 0 aliphatic rings. The molecular weight excluding hydrogens is 424 g/mol. The maximum absolute atomic E-state index is 12.5. The third-order valence-electron chi connectivity index (χ3n) is 4.92. The van der Waals surface area contributed by atoms with Crippen molar-refractivity contribution < 1.29 is 14.7 Å². The second-order valence-electron chi connectivity index (χ2n) is 7.59. The normalized spacial score (nSPS) is 10.7. The molecule has 0 radical (unpaired) electrons. The number of nitrogens with zero attached hydrogens (tertiary/aromatic N) is 2. The number of aromatic nitrogens is 2. The first kappa shape index (κ1) is 23.6. The number of thioether (sulfide) groups is 1. The first-order valence-electron chi connectivity index (χ1n) is 10.4. The van der Waals surface area contributed by atoms with Gasteiger partial charge in [-0.2, -0.15) is 0 Å². The van der Waals surface area contributed by atoms with Crippen molar-refractivity contribution >= 4 is 23.6 Å². The summed E-state index contributed by atoms with van der Waals surface area (Å²) in [6, 6.07) is 15.9. The van der Waals surface area contributed by atoms with Crippen LogP contribution in [0.25, 0.3) is 0 Å². The molecule has 1 heterocycles. The van der Waals surface area contributed by atoms with Crippen LogP contribution >= 0.6 is 11.8 Å². The van der Waals surface area contributed by atoms with E-state index in [4.69, 9.17) is 0 Å². The fourth-order valence-electron chi connectivity index (χ4n) is 3.00. The Morgan fingerprint density at radius 2 is 1.44 bits per heavy atom. The quantitative estimate of drug-likeness (QED) is 0.411. The van der Waals surface area contributed by atoms with Crippen molar-refractivity contribution in [3.05, 3.63) is 82.7 Å². The predicted octanol–water partition coefficient (Wildman–Crippen LogP) is 2.72. The van der Waals surface area contributed by atoms with Gasteiger partial charge in [-0.3, -0.25) is 9.59 Å². The van der Waals surface area contributed by atoms with Crippen LogP contribution in [0.1, 0.15) is 27.9 Å². The summed E-state index contributed by atoms with van der Waals surface area (Å²) in [5.74, 6) is -0.151. The van der Waals surface area contributed by atoms with E-state index < -0.39 is 0 Å². The minimum atomic E-state index is -0.238. The number of aryl methyl sites for hydroxylation is 2. The molecule has 0 aliphatic carbocycles. The van der Waals surface area contributed by atoms with Crippen molar-refractivity contribution in [2.24, 2.45) is 0 Å². The predicted molar refractivity (Wildman–Crippen MR) is 125 cm³/mol. The highest BCUT2D eigenvalue weighted by molar-refractivity contribution is 7.99. The van der Waals surface area contributed by atoms with Crippen molar-refractivity contribution in [1.29, 1.82) is 0 Å². The molecule has 1 aromatic heterocycles. The zero-order chi connectivity index (χ0) is 22.9. The van der Waals surface area contributed by atoms with Crippen LogP contribution < -0.4 is 10.6 Å². The minimum absolute atomic E-state index is 0.0229. The molecular formula is C24H28N4O3S. The van der Waals surface area contributed by atoms with Gasteiger partial charge in [0.1, 0.15) is 6.54 Å². The summed E-state index contributed by atoms with van der Waals surface area (Å²) in [6.07, 6.45) is 1.53. The topological polar surface area (TPSA) is 96.2 Å². The zero-order valence-electron chi connectivity index (χ0n) is 18.3. The summed E-state index contributed by atoms with van der Waals surface area (Å²) >= 11 is 1.24. The Morgan fingerprint density at radius 1 is 0.906 bits per heavy atom. The average Bonchev–Trinajstić information content (AvgIpc) is 3.18. The van der Waals surface area contributed by atoms with Crippen LogP contribution in [0.15, 0.2) is 59.9 Å². The van der Waals surface area contributed by atoms with Gasteiger partial charge in [0, 0.05) is 13.1 Å². The number of hydrogen-bond donors (Lipinski definition) is 3. The minimum Gasteiger partial charge on any atom is -0.390 e. The van der Waals surface area contributed by atoms with E-state index in [1.165, 1.54) is 23.5 Å². The largest absolute Gasteiger partial charge is 0.390 e. The Balaban J connectivity index is 1.51. The Bertz CT molecular complexity index is 1050. The van der Waals surface area contributed by atoms with Crippen molar-refractivity contribution in [2.45, 2.75) is 45.2 Å². The van der Waals surface area contributed by atoms with Gasteiger partial charge in [0.25, 0.3) is 0 Å². The lowest BCUT2D eigenvalue weighted by Crippen LogP contribution is -2.28. The average molecular weight is 453 g/mol. The van der Waals surface area contributed by atoms with Crippen molar-refractivity contribution in [3.63, 3.8) is 0 Å². The summed E-state index contributed by atoms with van der Waals surface area (Å²) in [5, 5.41) is 15.9. The highest BCUT2D eigenvalue weighted by atomic mass is 32.2. The van der Waals surface area contributed by atoms with E-state index in [0.717, 1.165) is 16.7 Å². The molecule has 0 spiro atoms. The molecule has 2 aromatic carbocycles. The lowest BCUT2D eigenvalue weighted by molar-refractivity contribution is -0.122. The van der Waals surface area contributed by atoms with Crippen molar-refractivity contribution in [2.75, 3.05) is 5.75 Å². The molecule has 0 atom stereocenters. The zero-order valence-corrected chi connectivity index (χ0v) is 19.1. The number of imidazole rings is 1. The van der Waals surface area contributed by atoms with Gasteiger partial charge < -0.3 is 20.3 Å². The van der Waals surface area contributed by atoms with Gasteiger partial charge in [0.2, 0.25) is 11.8 Å². The Hall–Kier alpha value is -3.10. The molecule has 3 rings (SSSR count). The van der Waals surface area contributed by atoms with E-state index >= 15 is 0 Å². The number of hydrogen-bond acceptors (Lipinski definition) is 5. The summed E-state index contributed by atoms with van der Waals surface area (Å²) in [5.41, 5.74) is 4.90. The van der Waals surface area contributed by atoms with Crippen molar-refractivity contribution in [1.82, 2.24) is 20.2 Å². The number of rotatable bonds is 10.